The number of ether oxygens (including phenoxy) is 2. The van der Waals surface area contributed by atoms with Gasteiger partial charge in [0.2, 0.25) is 0 Å². The largest absolute Gasteiger partial charge is 0.389 e. The van der Waals surface area contributed by atoms with E-state index in [-0.39, 0.29) is 18.4 Å². The molecule has 0 amide bonds. The molecule has 4 nitrogen and oxygen atoms in total. The van der Waals surface area contributed by atoms with Gasteiger partial charge in [-0.15, -0.1) is 0 Å². The number of aryl methyl sites for hydroxylation is 1. The molecule has 2 N–H and O–H groups in total. The Morgan fingerprint density at radius 1 is 1.33 bits per heavy atom. The van der Waals surface area contributed by atoms with E-state index in [9.17, 15) is 5.11 Å². The number of aliphatic hydroxyl groups excluding tert-OH is 1. The average molecular weight is 293 g/mol. The Morgan fingerprint density at radius 2 is 2.10 bits per heavy atom. The molecule has 0 saturated carbocycles. The van der Waals surface area contributed by atoms with Gasteiger partial charge in [-0.05, 0) is 31.4 Å². The molecule has 21 heavy (non-hydrogen) atoms. The Balaban J connectivity index is 1.75. The molecule has 1 fully saturated rings. The number of hydrogen-bond donors (Lipinski definition) is 2. The summed E-state index contributed by atoms with van der Waals surface area (Å²) in [6, 6.07) is 10.5. The maximum atomic E-state index is 10.3. The summed E-state index contributed by atoms with van der Waals surface area (Å²) in [5.41, 5.74) is 1.35. The van der Waals surface area contributed by atoms with Crippen molar-refractivity contribution in [2.75, 3.05) is 13.7 Å². The molecule has 0 aromatic heterocycles. The standard InChI is InChI=1S/C17H27NO3/c1-3-15-17(19)14(12-16(20-2)21-15)18-11-7-10-13-8-5-4-6-9-13/h4-6,8-9,14-19H,3,7,10-12H2,1-2H3/t14-,15+,16-,17-/m0/s1. The molecule has 1 saturated heterocycles. The van der Waals surface area contributed by atoms with Gasteiger partial charge in [0.15, 0.2) is 6.29 Å². The highest BCUT2D eigenvalue weighted by Crippen LogP contribution is 2.22. The molecule has 0 aliphatic carbocycles. The summed E-state index contributed by atoms with van der Waals surface area (Å²) in [7, 11) is 1.65. The zero-order valence-corrected chi connectivity index (χ0v) is 13.0. The number of nitrogens with one attached hydrogen (secondary N) is 1. The summed E-state index contributed by atoms with van der Waals surface area (Å²) >= 11 is 0. The fourth-order valence-electron chi connectivity index (χ4n) is 2.86. The van der Waals surface area contributed by atoms with Crippen molar-refractivity contribution in [2.45, 2.75) is 57.1 Å². The quantitative estimate of drug-likeness (QED) is 0.756. The second kappa shape index (κ2) is 8.49. The zero-order chi connectivity index (χ0) is 15.1. The van der Waals surface area contributed by atoms with Crippen molar-refractivity contribution in [2.24, 2.45) is 0 Å². The molecule has 1 heterocycles. The fraction of sp³-hybridized carbons (Fsp3) is 0.647. The van der Waals surface area contributed by atoms with E-state index in [4.69, 9.17) is 9.47 Å². The lowest BCUT2D eigenvalue weighted by Crippen LogP contribution is -2.54. The van der Waals surface area contributed by atoms with Gasteiger partial charge < -0.3 is 19.9 Å². The first kappa shape index (κ1) is 16.4. The third kappa shape index (κ3) is 4.78. The van der Waals surface area contributed by atoms with Crippen molar-refractivity contribution in [1.29, 1.82) is 0 Å². The monoisotopic (exact) mass is 293 g/mol. The normalized spacial score (nSPS) is 29.5. The number of aliphatic hydroxyl groups is 1. The molecule has 1 aromatic carbocycles. The average Bonchev–Trinajstić information content (AvgIpc) is 2.54. The van der Waals surface area contributed by atoms with Gasteiger partial charge >= 0.3 is 0 Å². The van der Waals surface area contributed by atoms with E-state index >= 15 is 0 Å². The van der Waals surface area contributed by atoms with Crippen LogP contribution in [0.1, 0.15) is 31.7 Å². The smallest absolute Gasteiger partial charge is 0.159 e. The van der Waals surface area contributed by atoms with Gasteiger partial charge in [-0.2, -0.15) is 0 Å². The van der Waals surface area contributed by atoms with E-state index in [1.54, 1.807) is 7.11 Å². The Bertz CT molecular complexity index is 398. The van der Waals surface area contributed by atoms with Crippen LogP contribution < -0.4 is 5.32 Å². The molecular formula is C17H27NO3. The minimum absolute atomic E-state index is 0.0458. The van der Waals surface area contributed by atoms with Gasteiger partial charge in [0.05, 0.1) is 12.2 Å². The lowest BCUT2D eigenvalue weighted by atomic mass is 9.96. The highest BCUT2D eigenvalue weighted by Gasteiger charge is 2.36. The SMILES string of the molecule is CC[C@H]1O[C@H](OC)C[C@H](NCCCc2ccccc2)[C@@H]1O. The fourth-order valence-corrected chi connectivity index (χ4v) is 2.86. The molecule has 4 atom stereocenters. The molecular weight excluding hydrogens is 266 g/mol. The van der Waals surface area contributed by atoms with Crippen molar-refractivity contribution in [1.82, 2.24) is 5.32 Å². The maximum Gasteiger partial charge on any atom is 0.159 e. The first-order chi connectivity index (χ1) is 10.2. The summed E-state index contributed by atoms with van der Waals surface area (Å²) in [6.45, 7) is 2.92. The van der Waals surface area contributed by atoms with Gasteiger partial charge in [-0.25, -0.2) is 0 Å². The van der Waals surface area contributed by atoms with Gasteiger partial charge in [0.1, 0.15) is 0 Å². The lowest BCUT2D eigenvalue weighted by molar-refractivity contribution is -0.220. The molecule has 1 aliphatic rings. The van der Waals surface area contributed by atoms with Crippen molar-refractivity contribution >= 4 is 0 Å². The van der Waals surface area contributed by atoms with Crippen molar-refractivity contribution in [3.8, 4) is 0 Å². The molecule has 2 rings (SSSR count). The predicted molar refractivity (Wildman–Crippen MR) is 83.1 cm³/mol. The van der Waals surface area contributed by atoms with Crippen LogP contribution in [0.15, 0.2) is 30.3 Å². The minimum Gasteiger partial charge on any atom is -0.389 e. The van der Waals surface area contributed by atoms with Crippen molar-refractivity contribution in [3.63, 3.8) is 0 Å². The van der Waals surface area contributed by atoms with Crippen molar-refractivity contribution < 1.29 is 14.6 Å². The molecule has 0 radical (unpaired) electrons. The maximum absolute atomic E-state index is 10.3. The summed E-state index contributed by atoms with van der Waals surface area (Å²) in [5, 5.41) is 13.8. The van der Waals surface area contributed by atoms with Gasteiger partial charge in [0.25, 0.3) is 0 Å². The summed E-state index contributed by atoms with van der Waals surface area (Å²) in [6.07, 6.45) is 2.78. The van der Waals surface area contributed by atoms with E-state index in [1.165, 1.54) is 5.56 Å². The van der Waals surface area contributed by atoms with E-state index in [0.717, 1.165) is 25.8 Å². The van der Waals surface area contributed by atoms with Gasteiger partial charge in [-0.3, -0.25) is 0 Å². The van der Waals surface area contributed by atoms with Crippen molar-refractivity contribution in [3.05, 3.63) is 35.9 Å². The minimum atomic E-state index is -0.460. The molecule has 0 bridgehead atoms. The van der Waals surface area contributed by atoms with Crippen LogP contribution in [0.3, 0.4) is 0 Å². The van der Waals surface area contributed by atoms with Crippen LogP contribution in [0.4, 0.5) is 0 Å². The number of rotatable bonds is 7. The highest BCUT2D eigenvalue weighted by atomic mass is 16.7. The number of hydrogen-bond acceptors (Lipinski definition) is 4. The summed E-state index contributed by atoms with van der Waals surface area (Å²) in [5.74, 6) is 0. The molecule has 0 unspecified atom stereocenters. The summed E-state index contributed by atoms with van der Waals surface area (Å²) in [4.78, 5) is 0. The third-order valence-electron chi connectivity index (χ3n) is 4.12. The third-order valence-corrected chi connectivity index (χ3v) is 4.12. The topological polar surface area (TPSA) is 50.7 Å². The van der Waals surface area contributed by atoms with E-state index in [0.29, 0.717) is 6.42 Å². The Kier molecular flexibility index (Phi) is 6.64. The van der Waals surface area contributed by atoms with Gasteiger partial charge in [-0.1, -0.05) is 37.3 Å². The van der Waals surface area contributed by atoms with E-state index in [2.05, 4.69) is 29.6 Å². The second-order valence-corrected chi connectivity index (χ2v) is 5.62. The molecule has 0 spiro atoms. The highest BCUT2D eigenvalue weighted by molar-refractivity contribution is 5.14. The number of methoxy groups -OCH3 is 1. The molecule has 1 aromatic rings. The van der Waals surface area contributed by atoms with Crippen LogP contribution in [-0.2, 0) is 15.9 Å². The first-order valence-electron chi connectivity index (χ1n) is 7.88. The summed E-state index contributed by atoms with van der Waals surface area (Å²) < 4.78 is 11.0. The van der Waals surface area contributed by atoms with Crippen LogP contribution in [0.25, 0.3) is 0 Å². The van der Waals surface area contributed by atoms with Crippen LogP contribution in [0.5, 0.6) is 0 Å². The molecule has 118 valence electrons. The second-order valence-electron chi connectivity index (χ2n) is 5.62. The first-order valence-corrected chi connectivity index (χ1v) is 7.88. The van der Waals surface area contributed by atoms with Crippen LogP contribution in [0.2, 0.25) is 0 Å². The molecule has 4 heteroatoms. The Labute approximate surface area is 127 Å². The van der Waals surface area contributed by atoms with Gasteiger partial charge in [0, 0.05) is 19.6 Å². The van der Waals surface area contributed by atoms with Crippen LogP contribution in [0, 0.1) is 0 Å². The Hall–Kier alpha value is -0.940. The number of benzene rings is 1. The Morgan fingerprint density at radius 3 is 2.76 bits per heavy atom. The lowest BCUT2D eigenvalue weighted by Gasteiger charge is -2.39. The van der Waals surface area contributed by atoms with E-state index < -0.39 is 6.10 Å². The van der Waals surface area contributed by atoms with E-state index in [1.807, 2.05) is 13.0 Å². The zero-order valence-electron chi connectivity index (χ0n) is 13.0. The predicted octanol–water partition coefficient (Wildman–Crippen LogP) is 2.11. The van der Waals surface area contributed by atoms with Crippen LogP contribution >= 0.6 is 0 Å². The van der Waals surface area contributed by atoms with Crippen LogP contribution in [-0.4, -0.2) is 43.3 Å². The molecule has 1 aliphatic heterocycles.